The molecule has 2 heterocycles. The van der Waals surface area contributed by atoms with Gasteiger partial charge in [0.05, 0.1) is 22.4 Å². The fraction of sp³-hybridized carbons (Fsp3) is 0.364. The predicted octanol–water partition coefficient (Wildman–Crippen LogP) is 1.25. The molecule has 1 aliphatic rings. The van der Waals surface area contributed by atoms with Gasteiger partial charge >= 0.3 is 0 Å². The predicted molar refractivity (Wildman–Crippen MR) is 82.9 cm³/mol. The van der Waals surface area contributed by atoms with Gasteiger partial charge in [0.15, 0.2) is 25.9 Å². The minimum absolute atomic E-state index is 0.00951. The summed E-state index contributed by atoms with van der Waals surface area (Å²) in [6.07, 6.45) is 1.55. The summed E-state index contributed by atoms with van der Waals surface area (Å²) in [4.78, 5) is 16.1. The zero-order valence-electron chi connectivity index (χ0n) is 10.8. The van der Waals surface area contributed by atoms with Crippen molar-refractivity contribution < 1.29 is 13.2 Å². The van der Waals surface area contributed by atoms with E-state index in [9.17, 15) is 13.2 Å². The van der Waals surface area contributed by atoms with E-state index in [0.29, 0.717) is 15.7 Å². The van der Waals surface area contributed by atoms with Crippen LogP contribution in [0.25, 0.3) is 0 Å². The molecule has 0 radical (unpaired) electrons. The van der Waals surface area contributed by atoms with Crippen LogP contribution in [0, 0.1) is 6.92 Å². The van der Waals surface area contributed by atoms with Gasteiger partial charge in [0.25, 0.3) is 0 Å². The Morgan fingerprint density at radius 1 is 1.55 bits per heavy atom. The molecule has 2 rings (SSSR count). The maximum Gasteiger partial charge on any atom is 0.189 e. The van der Waals surface area contributed by atoms with E-state index in [1.807, 2.05) is 0 Å². The molecule has 0 fully saturated rings. The van der Waals surface area contributed by atoms with E-state index in [0.717, 1.165) is 0 Å². The molecule has 6 nitrogen and oxygen atoms in total. The van der Waals surface area contributed by atoms with E-state index in [-0.39, 0.29) is 22.7 Å². The molecule has 0 saturated carbocycles. The molecular formula is C11H13N3O3S3. The highest BCUT2D eigenvalue weighted by Crippen LogP contribution is 2.22. The Kier molecular flexibility index (Phi) is 4.21. The summed E-state index contributed by atoms with van der Waals surface area (Å²) in [7, 11) is -3.12. The topological polar surface area (TPSA) is 88.2 Å². The molecule has 108 valence electrons. The SMILES string of the molecule is CC(=O)c1sc(NC(=S)N[C@@H]2C=CS(=O)(=O)C2)nc1C. The third-order valence-corrected chi connectivity index (χ3v) is 5.37. The molecule has 9 heteroatoms. The van der Waals surface area contributed by atoms with Crippen molar-refractivity contribution in [3.63, 3.8) is 0 Å². The molecule has 0 amide bonds. The number of nitrogens with one attached hydrogen (secondary N) is 2. The molecule has 0 spiro atoms. The van der Waals surface area contributed by atoms with Gasteiger partial charge in [0.2, 0.25) is 0 Å². The number of rotatable bonds is 3. The third-order valence-electron chi connectivity index (χ3n) is 2.58. The van der Waals surface area contributed by atoms with Crippen LogP contribution in [-0.4, -0.2) is 36.1 Å². The first kappa shape index (κ1) is 15.1. The van der Waals surface area contributed by atoms with Gasteiger partial charge in [-0.1, -0.05) is 11.3 Å². The van der Waals surface area contributed by atoms with Gasteiger partial charge < -0.3 is 10.6 Å². The number of hydrogen-bond donors (Lipinski definition) is 2. The number of nitrogens with zero attached hydrogens (tertiary/aromatic N) is 1. The minimum atomic E-state index is -3.12. The number of Topliss-reactive ketones (excluding diaryl/α,β-unsaturated/α-hetero) is 1. The normalized spacial score (nSPS) is 19.8. The second-order valence-corrected chi connectivity index (χ2v) is 7.69. The van der Waals surface area contributed by atoms with Crippen LogP contribution in [0.5, 0.6) is 0 Å². The number of ketones is 1. The smallest absolute Gasteiger partial charge is 0.189 e. The summed E-state index contributed by atoms with van der Waals surface area (Å²) in [6.45, 7) is 3.23. The molecule has 0 bridgehead atoms. The van der Waals surface area contributed by atoms with E-state index in [1.54, 1.807) is 13.0 Å². The second kappa shape index (κ2) is 5.58. The number of aromatic nitrogens is 1. The van der Waals surface area contributed by atoms with Crippen LogP contribution < -0.4 is 10.6 Å². The Hall–Kier alpha value is -1.32. The van der Waals surface area contributed by atoms with Gasteiger partial charge in [-0.2, -0.15) is 0 Å². The Bertz CT molecular complexity index is 691. The van der Waals surface area contributed by atoms with Gasteiger partial charge in [0.1, 0.15) is 0 Å². The monoisotopic (exact) mass is 331 g/mol. The number of sulfone groups is 1. The zero-order valence-corrected chi connectivity index (χ0v) is 13.3. The molecule has 1 aliphatic heterocycles. The highest BCUT2D eigenvalue weighted by Gasteiger charge is 2.22. The van der Waals surface area contributed by atoms with Gasteiger partial charge in [0, 0.05) is 12.3 Å². The lowest BCUT2D eigenvalue weighted by Crippen LogP contribution is -2.38. The molecule has 20 heavy (non-hydrogen) atoms. The molecule has 0 aliphatic carbocycles. The van der Waals surface area contributed by atoms with Crippen molar-refractivity contribution in [2.24, 2.45) is 0 Å². The molecule has 1 atom stereocenters. The number of aryl methyl sites for hydroxylation is 1. The Balaban J connectivity index is 1.97. The standard InChI is InChI=1S/C11H13N3O3S3/c1-6-9(7(2)15)19-11(12-6)14-10(18)13-8-3-4-20(16,17)5-8/h3-4,8H,5H2,1-2H3,(H2,12,13,14,18)/t8-/m1/s1. The molecule has 1 aromatic rings. The summed E-state index contributed by atoms with van der Waals surface area (Å²) < 4.78 is 22.5. The average molecular weight is 331 g/mol. The van der Waals surface area contributed by atoms with E-state index >= 15 is 0 Å². The van der Waals surface area contributed by atoms with Crippen LogP contribution in [0.3, 0.4) is 0 Å². The van der Waals surface area contributed by atoms with E-state index < -0.39 is 9.84 Å². The number of thiazole rings is 1. The van der Waals surface area contributed by atoms with Crippen molar-refractivity contribution >= 4 is 49.4 Å². The van der Waals surface area contributed by atoms with Gasteiger partial charge in [-0.05, 0) is 25.2 Å². The number of thiocarbonyl (C=S) groups is 1. The molecule has 2 N–H and O–H groups in total. The van der Waals surface area contributed by atoms with Crippen LogP contribution in [0.4, 0.5) is 5.13 Å². The quantitative estimate of drug-likeness (QED) is 0.636. The summed E-state index contributed by atoms with van der Waals surface area (Å²) in [5, 5.41) is 7.70. The van der Waals surface area contributed by atoms with Crippen LogP contribution >= 0.6 is 23.6 Å². The third kappa shape index (κ3) is 3.62. The summed E-state index contributed by atoms with van der Waals surface area (Å²) in [6, 6.07) is -0.340. The van der Waals surface area contributed by atoms with E-state index in [2.05, 4.69) is 15.6 Å². The lowest BCUT2D eigenvalue weighted by molar-refractivity contribution is 0.102. The Morgan fingerprint density at radius 3 is 2.75 bits per heavy atom. The fourth-order valence-corrected chi connectivity index (χ4v) is 4.16. The maximum atomic E-state index is 11.3. The fourth-order valence-electron chi connectivity index (χ4n) is 1.74. The molecule has 0 unspecified atom stereocenters. The lowest BCUT2D eigenvalue weighted by atomic mass is 10.3. The van der Waals surface area contributed by atoms with Crippen LogP contribution in [0.15, 0.2) is 11.5 Å². The molecule has 0 aromatic carbocycles. The first-order chi connectivity index (χ1) is 9.27. The van der Waals surface area contributed by atoms with Crippen LogP contribution in [0.1, 0.15) is 22.3 Å². The van der Waals surface area contributed by atoms with Crippen LogP contribution in [-0.2, 0) is 9.84 Å². The van der Waals surface area contributed by atoms with Gasteiger partial charge in [-0.25, -0.2) is 13.4 Å². The highest BCUT2D eigenvalue weighted by atomic mass is 32.2. The molecular weight excluding hydrogens is 318 g/mol. The maximum absolute atomic E-state index is 11.3. The summed E-state index contributed by atoms with van der Waals surface area (Å²) in [5.74, 6) is -0.0542. The Morgan fingerprint density at radius 2 is 2.25 bits per heavy atom. The zero-order chi connectivity index (χ0) is 14.9. The number of hydrogen-bond acceptors (Lipinski definition) is 6. The number of carbonyl (C=O) groups is 1. The van der Waals surface area contributed by atoms with Crippen LogP contribution in [0.2, 0.25) is 0 Å². The molecule has 1 aromatic heterocycles. The summed E-state index contributed by atoms with van der Waals surface area (Å²) >= 11 is 6.31. The van der Waals surface area contributed by atoms with Crippen molar-refractivity contribution in [3.8, 4) is 0 Å². The Labute approximate surface area is 126 Å². The highest BCUT2D eigenvalue weighted by molar-refractivity contribution is 7.94. The van der Waals surface area contributed by atoms with E-state index in [4.69, 9.17) is 12.2 Å². The second-order valence-electron chi connectivity index (χ2n) is 4.35. The number of anilines is 1. The van der Waals surface area contributed by atoms with Crippen molar-refractivity contribution in [3.05, 3.63) is 22.1 Å². The first-order valence-electron chi connectivity index (χ1n) is 5.74. The summed E-state index contributed by atoms with van der Waals surface area (Å²) in [5.41, 5.74) is 0.649. The largest absolute Gasteiger partial charge is 0.355 e. The van der Waals surface area contributed by atoms with Gasteiger partial charge in [-0.3, -0.25) is 4.79 Å². The van der Waals surface area contributed by atoms with E-state index in [1.165, 1.54) is 23.7 Å². The van der Waals surface area contributed by atoms with Crippen molar-refractivity contribution in [2.45, 2.75) is 19.9 Å². The lowest BCUT2D eigenvalue weighted by Gasteiger charge is -2.12. The first-order valence-corrected chi connectivity index (χ1v) is 8.68. The van der Waals surface area contributed by atoms with Crippen molar-refractivity contribution in [1.29, 1.82) is 0 Å². The minimum Gasteiger partial charge on any atom is -0.355 e. The average Bonchev–Trinajstić information content (AvgIpc) is 2.81. The van der Waals surface area contributed by atoms with Crippen molar-refractivity contribution in [2.75, 3.05) is 11.1 Å². The van der Waals surface area contributed by atoms with Crippen molar-refractivity contribution in [1.82, 2.24) is 10.3 Å². The number of carbonyl (C=O) groups excluding carboxylic acids is 1. The van der Waals surface area contributed by atoms with Gasteiger partial charge in [-0.15, -0.1) is 0 Å². The molecule has 0 saturated heterocycles.